The molecule has 0 aliphatic heterocycles. The van der Waals surface area contributed by atoms with Crippen LogP contribution in [0.3, 0.4) is 0 Å². The number of rotatable bonds is 10. The van der Waals surface area contributed by atoms with Crippen LogP contribution in [0.1, 0.15) is 18.4 Å². The van der Waals surface area contributed by atoms with Crippen LogP contribution in [0, 0.1) is 0 Å². The van der Waals surface area contributed by atoms with E-state index in [-0.39, 0.29) is 29.4 Å². The van der Waals surface area contributed by atoms with Crippen molar-refractivity contribution in [3.05, 3.63) is 64.0 Å². The zero-order valence-corrected chi connectivity index (χ0v) is 18.7. The molecule has 8 nitrogen and oxygen atoms in total. The molecular formula is C20H18Cl2N4O4S. The maximum atomic E-state index is 11.9. The van der Waals surface area contributed by atoms with Gasteiger partial charge < -0.3 is 13.9 Å². The first-order valence-electron chi connectivity index (χ1n) is 9.11. The molecule has 11 heteroatoms. The van der Waals surface area contributed by atoms with E-state index in [0.717, 1.165) is 23.1 Å². The van der Waals surface area contributed by atoms with E-state index in [2.05, 4.69) is 20.7 Å². The molecule has 31 heavy (non-hydrogen) atoms. The van der Waals surface area contributed by atoms with E-state index in [4.69, 9.17) is 37.1 Å². The van der Waals surface area contributed by atoms with Gasteiger partial charge in [0, 0.05) is 5.02 Å². The summed E-state index contributed by atoms with van der Waals surface area (Å²) < 4.78 is 16.4. The summed E-state index contributed by atoms with van der Waals surface area (Å²) in [6.45, 7) is 2.52. The third-order valence-electron chi connectivity index (χ3n) is 3.59. The summed E-state index contributed by atoms with van der Waals surface area (Å²) in [5.74, 6) is 1.18. The van der Waals surface area contributed by atoms with Gasteiger partial charge in [-0.05, 0) is 42.8 Å². The number of hydrogen-bond donors (Lipinski definition) is 1. The van der Waals surface area contributed by atoms with Gasteiger partial charge in [-0.15, -0.1) is 10.2 Å². The molecule has 0 saturated carbocycles. The van der Waals surface area contributed by atoms with Crippen molar-refractivity contribution in [2.75, 3.05) is 12.4 Å². The van der Waals surface area contributed by atoms with Gasteiger partial charge in [0.2, 0.25) is 0 Å². The Morgan fingerprint density at radius 3 is 2.90 bits per heavy atom. The van der Waals surface area contributed by atoms with E-state index in [9.17, 15) is 4.79 Å². The second kappa shape index (κ2) is 11.6. The third kappa shape index (κ3) is 7.46. The maximum Gasteiger partial charge on any atom is 0.277 e. The highest BCUT2D eigenvalue weighted by Gasteiger charge is 2.11. The van der Waals surface area contributed by atoms with E-state index >= 15 is 0 Å². The Morgan fingerprint density at radius 2 is 2.10 bits per heavy atom. The molecular weight excluding hydrogens is 463 g/mol. The van der Waals surface area contributed by atoms with Crippen molar-refractivity contribution in [2.45, 2.75) is 18.8 Å². The lowest BCUT2D eigenvalue weighted by atomic mass is 10.2. The van der Waals surface area contributed by atoms with Crippen molar-refractivity contribution in [1.29, 1.82) is 0 Å². The largest absolute Gasteiger partial charge is 0.494 e. The average molecular weight is 481 g/mol. The number of halogens is 2. The third-order valence-corrected chi connectivity index (χ3v) is 4.94. The Balaban J connectivity index is 1.42. The number of amides is 1. The van der Waals surface area contributed by atoms with Gasteiger partial charge in [0.1, 0.15) is 11.5 Å². The van der Waals surface area contributed by atoms with Crippen LogP contribution in [-0.4, -0.2) is 34.7 Å². The van der Waals surface area contributed by atoms with E-state index in [0.29, 0.717) is 22.4 Å². The Labute approximate surface area is 192 Å². The van der Waals surface area contributed by atoms with Crippen molar-refractivity contribution in [3.8, 4) is 11.5 Å². The summed E-state index contributed by atoms with van der Waals surface area (Å²) in [6.07, 6.45) is 1.54. The molecule has 1 amide bonds. The van der Waals surface area contributed by atoms with Crippen LogP contribution in [0.4, 0.5) is 0 Å². The predicted molar refractivity (Wildman–Crippen MR) is 119 cm³/mol. The standard InChI is InChI=1S/C20H18Cl2N4O4S/c1-2-28-15-5-3-4-13(8-15)10-23-24-18(27)12-31-20-26-25-19(30-20)11-29-17-7-6-14(21)9-16(17)22/h3-10H,2,11-12H2,1H3,(H,24,27)/b23-10-. The summed E-state index contributed by atoms with van der Waals surface area (Å²) >= 11 is 13.0. The topological polar surface area (TPSA) is 98.8 Å². The molecule has 0 bridgehead atoms. The molecule has 0 saturated heterocycles. The minimum Gasteiger partial charge on any atom is -0.494 e. The highest BCUT2D eigenvalue weighted by Crippen LogP contribution is 2.28. The number of nitrogens with zero attached hydrogens (tertiary/aromatic N) is 3. The molecule has 0 atom stereocenters. The summed E-state index contributed by atoms with van der Waals surface area (Å²) in [5, 5.41) is 12.8. The van der Waals surface area contributed by atoms with E-state index in [1.54, 1.807) is 18.2 Å². The summed E-state index contributed by atoms with van der Waals surface area (Å²) in [7, 11) is 0. The molecule has 1 N–H and O–H groups in total. The SMILES string of the molecule is CCOc1cccc(/C=N\NC(=O)CSc2nnc(COc3ccc(Cl)cc3Cl)o2)c1. The van der Waals surface area contributed by atoms with Crippen LogP contribution in [0.2, 0.25) is 10.0 Å². The van der Waals surface area contributed by atoms with Crippen molar-refractivity contribution in [3.63, 3.8) is 0 Å². The molecule has 2 aromatic carbocycles. The van der Waals surface area contributed by atoms with Crippen LogP contribution in [0.5, 0.6) is 11.5 Å². The van der Waals surface area contributed by atoms with E-state index in [1.807, 2.05) is 31.2 Å². The van der Waals surface area contributed by atoms with Crippen LogP contribution in [0.25, 0.3) is 0 Å². The Hall–Kier alpha value is -2.75. The Kier molecular flexibility index (Phi) is 8.57. The quantitative estimate of drug-likeness (QED) is 0.257. The van der Waals surface area contributed by atoms with Gasteiger partial charge in [-0.1, -0.05) is 47.1 Å². The lowest BCUT2D eigenvalue weighted by Crippen LogP contribution is -2.19. The number of nitrogens with one attached hydrogen (secondary N) is 1. The fourth-order valence-corrected chi connectivity index (χ4v) is 3.31. The summed E-state index contributed by atoms with van der Waals surface area (Å²) in [5.41, 5.74) is 3.25. The molecule has 0 spiro atoms. The van der Waals surface area contributed by atoms with Crippen molar-refractivity contribution in [1.82, 2.24) is 15.6 Å². The molecule has 1 heterocycles. The number of hydrazone groups is 1. The fraction of sp³-hybridized carbons (Fsp3) is 0.200. The number of thioether (sulfide) groups is 1. The van der Waals surface area contributed by atoms with Crippen LogP contribution in [-0.2, 0) is 11.4 Å². The van der Waals surface area contributed by atoms with E-state index < -0.39 is 0 Å². The number of benzene rings is 2. The average Bonchev–Trinajstić information content (AvgIpc) is 3.20. The number of aromatic nitrogens is 2. The summed E-state index contributed by atoms with van der Waals surface area (Å²) in [4.78, 5) is 11.9. The lowest BCUT2D eigenvalue weighted by Gasteiger charge is -2.05. The van der Waals surface area contributed by atoms with Crippen LogP contribution >= 0.6 is 35.0 Å². The highest BCUT2D eigenvalue weighted by atomic mass is 35.5. The first-order chi connectivity index (χ1) is 15.0. The summed E-state index contributed by atoms with van der Waals surface area (Å²) in [6, 6.07) is 12.3. The normalized spacial score (nSPS) is 10.9. The number of hydrogen-bond acceptors (Lipinski definition) is 8. The Bertz CT molecular complexity index is 1060. The van der Waals surface area contributed by atoms with Crippen LogP contribution in [0.15, 0.2) is 57.2 Å². The van der Waals surface area contributed by atoms with Crippen LogP contribution < -0.4 is 14.9 Å². The van der Waals surface area contributed by atoms with Gasteiger partial charge in [0.25, 0.3) is 17.0 Å². The number of carbonyl (C=O) groups is 1. The van der Waals surface area contributed by atoms with Gasteiger partial charge >= 0.3 is 0 Å². The molecule has 0 fully saturated rings. The zero-order chi connectivity index (χ0) is 22.1. The first kappa shape index (κ1) is 22.9. The van der Waals surface area contributed by atoms with Crippen molar-refractivity contribution in [2.24, 2.45) is 5.10 Å². The minimum atomic E-state index is -0.314. The smallest absolute Gasteiger partial charge is 0.277 e. The highest BCUT2D eigenvalue weighted by molar-refractivity contribution is 7.99. The van der Waals surface area contributed by atoms with Gasteiger partial charge in [0.05, 0.1) is 23.6 Å². The van der Waals surface area contributed by atoms with E-state index in [1.165, 1.54) is 6.21 Å². The van der Waals surface area contributed by atoms with Gasteiger partial charge in [-0.25, -0.2) is 5.43 Å². The van der Waals surface area contributed by atoms with Crippen molar-refractivity contribution >= 4 is 47.1 Å². The minimum absolute atomic E-state index is 0.0339. The first-order valence-corrected chi connectivity index (χ1v) is 10.9. The molecule has 0 aliphatic rings. The number of carbonyl (C=O) groups excluding carboxylic acids is 1. The molecule has 162 valence electrons. The second-order valence-corrected chi connectivity index (χ2v) is 7.68. The number of ether oxygens (including phenoxy) is 2. The molecule has 3 aromatic rings. The zero-order valence-electron chi connectivity index (χ0n) is 16.4. The molecule has 1 aromatic heterocycles. The van der Waals surface area contributed by atoms with Gasteiger partial charge in [-0.3, -0.25) is 4.79 Å². The second-order valence-electron chi connectivity index (χ2n) is 5.91. The molecule has 0 radical (unpaired) electrons. The van der Waals surface area contributed by atoms with Crippen molar-refractivity contribution < 1.29 is 18.7 Å². The lowest BCUT2D eigenvalue weighted by molar-refractivity contribution is -0.118. The fourth-order valence-electron chi connectivity index (χ4n) is 2.28. The van der Waals surface area contributed by atoms with Gasteiger partial charge in [0.15, 0.2) is 6.61 Å². The monoisotopic (exact) mass is 480 g/mol. The molecule has 0 aliphatic carbocycles. The predicted octanol–water partition coefficient (Wildman–Crippen LogP) is 4.60. The molecule has 3 rings (SSSR count). The van der Waals surface area contributed by atoms with Gasteiger partial charge in [-0.2, -0.15) is 5.10 Å². The molecule has 0 unspecified atom stereocenters. The maximum absolute atomic E-state index is 11.9. The Morgan fingerprint density at radius 1 is 1.23 bits per heavy atom.